The minimum atomic E-state index is 0.292. The fraction of sp³-hybridized carbons (Fsp3) is 0.267. The molecule has 0 aliphatic heterocycles. The van der Waals surface area contributed by atoms with E-state index in [1.54, 1.807) is 7.11 Å². The standard InChI is InChI=1S/C15H17N5O/c1-9(2)12-8-13(15(21-3)20-18-12)16-14-10-6-4-5-7-11(10)17-19-14/h4-9H,1-3H3,(H2,16,17,18,19). The molecular formula is C15H17N5O. The summed E-state index contributed by atoms with van der Waals surface area (Å²) in [4.78, 5) is 0. The molecule has 2 aromatic heterocycles. The Kier molecular flexibility index (Phi) is 3.43. The van der Waals surface area contributed by atoms with E-state index in [4.69, 9.17) is 4.74 Å². The number of fused-ring (bicyclic) bond motifs is 1. The summed E-state index contributed by atoms with van der Waals surface area (Å²) in [6.07, 6.45) is 0. The van der Waals surface area contributed by atoms with Crippen LogP contribution in [-0.2, 0) is 0 Å². The predicted molar refractivity (Wildman–Crippen MR) is 82.0 cm³/mol. The summed E-state index contributed by atoms with van der Waals surface area (Å²) in [5.74, 6) is 1.48. The lowest BCUT2D eigenvalue weighted by Gasteiger charge is -2.11. The van der Waals surface area contributed by atoms with E-state index in [1.165, 1.54) is 0 Å². The van der Waals surface area contributed by atoms with Crippen LogP contribution in [-0.4, -0.2) is 27.5 Å². The van der Waals surface area contributed by atoms with Gasteiger partial charge in [-0.1, -0.05) is 26.0 Å². The average molecular weight is 283 g/mol. The molecule has 0 unspecified atom stereocenters. The third-order valence-electron chi connectivity index (χ3n) is 3.29. The predicted octanol–water partition coefficient (Wildman–Crippen LogP) is 3.23. The molecule has 2 N–H and O–H groups in total. The van der Waals surface area contributed by atoms with Gasteiger partial charge in [-0.2, -0.15) is 10.2 Å². The van der Waals surface area contributed by atoms with E-state index < -0.39 is 0 Å². The zero-order valence-electron chi connectivity index (χ0n) is 12.2. The van der Waals surface area contributed by atoms with Crippen LogP contribution < -0.4 is 10.1 Å². The van der Waals surface area contributed by atoms with E-state index >= 15 is 0 Å². The smallest absolute Gasteiger partial charge is 0.257 e. The number of aromatic amines is 1. The first-order chi connectivity index (χ1) is 10.2. The van der Waals surface area contributed by atoms with Crippen LogP contribution in [0.4, 0.5) is 11.5 Å². The number of benzene rings is 1. The van der Waals surface area contributed by atoms with E-state index in [0.29, 0.717) is 11.8 Å². The number of nitrogens with zero attached hydrogens (tertiary/aromatic N) is 3. The van der Waals surface area contributed by atoms with Crippen LogP contribution in [0.15, 0.2) is 30.3 Å². The van der Waals surface area contributed by atoms with Crippen LogP contribution in [0.3, 0.4) is 0 Å². The molecule has 0 aliphatic rings. The maximum absolute atomic E-state index is 5.27. The Morgan fingerprint density at radius 3 is 2.76 bits per heavy atom. The number of hydrogen-bond acceptors (Lipinski definition) is 5. The first-order valence-electron chi connectivity index (χ1n) is 6.80. The van der Waals surface area contributed by atoms with Gasteiger partial charge in [0, 0.05) is 5.39 Å². The van der Waals surface area contributed by atoms with E-state index in [-0.39, 0.29) is 0 Å². The molecule has 0 radical (unpaired) electrons. The molecule has 0 saturated heterocycles. The minimum absolute atomic E-state index is 0.292. The highest BCUT2D eigenvalue weighted by Crippen LogP contribution is 2.29. The summed E-state index contributed by atoms with van der Waals surface area (Å²) in [5, 5.41) is 19.8. The highest BCUT2D eigenvalue weighted by Gasteiger charge is 2.13. The second kappa shape index (κ2) is 5.40. The highest BCUT2D eigenvalue weighted by atomic mass is 16.5. The van der Waals surface area contributed by atoms with E-state index in [2.05, 4.69) is 39.6 Å². The molecule has 0 amide bonds. The van der Waals surface area contributed by atoms with Crippen molar-refractivity contribution in [2.24, 2.45) is 0 Å². The number of rotatable bonds is 4. The van der Waals surface area contributed by atoms with Gasteiger partial charge in [0.25, 0.3) is 5.88 Å². The maximum Gasteiger partial charge on any atom is 0.257 e. The monoisotopic (exact) mass is 283 g/mol. The zero-order valence-corrected chi connectivity index (χ0v) is 12.2. The van der Waals surface area contributed by atoms with Crippen LogP contribution in [0.5, 0.6) is 5.88 Å². The summed E-state index contributed by atoms with van der Waals surface area (Å²) >= 11 is 0. The molecule has 21 heavy (non-hydrogen) atoms. The van der Waals surface area contributed by atoms with Crippen LogP contribution in [0.1, 0.15) is 25.5 Å². The van der Waals surface area contributed by atoms with Crippen molar-refractivity contribution >= 4 is 22.4 Å². The molecule has 1 aromatic carbocycles. The molecule has 3 rings (SSSR count). The molecule has 108 valence electrons. The van der Waals surface area contributed by atoms with Crippen molar-refractivity contribution in [2.45, 2.75) is 19.8 Å². The van der Waals surface area contributed by atoms with Crippen molar-refractivity contribution < 1.29 is 4.74 Å². The number of aromatic nitrogens is 4. The first-order valence-corrected chi connectivity index (χ1v) is 6.80. The third-order valence-corrected chi connectivity index (χ3v) is 3.29. The number of H-pyrrole nitrogens is 1. The molecule has 0 saturated carbocycles. The Morgan fingerprint density at radius 1 is 1.19 bits per heavy atom. The number of para-hydroxylation sites is 1. The molecule has 0 atom stereocenters. The highest BCUT2D eigenvalue weighted by molar-refractivity contribution is 5.91. The van der Waals surface area contributed by atoms with Gasteiger partial charge in [0.05, 0.1) is 18.3 Å². The second-order valence-corrected chi connectivity index (χ2v) is 5.09. The summed E-state index contributed by atoms with van der Waals surface area (Å²) in [5.41, 5.74) is 2.64. The van der Waals surface area contributed by atoms with Gasteiger partial charge in [0.2, 0.25) is 0 Å². The van der Waals surface area contributed by atoms with Crippen LogP contribution in [0, 0.1) is 0 Å². The van der Waals surface area contributed by atoms with Crippen molar-refractivity contribution in [2.75, 3.05) is 12.4 Å². The van der Waals surface area contributed by atoms with Crippen molar-refractivity contribution in [3.63, 3.8) is 0 Å². The Morgan fingerprint density at radius 2 is 2.00 bits per heavy atom. The molecule has 6 nitrogen and oxygen atoms in total. The lowest BCUT2D eigenvalue weighted by molar-refractivity contribution is 0.393. The molecule has 2 heterocycles. The van der Waals surface area contributed by atoms with Crippen molar-refractivity contribution in [1.29, 1.82) is 0 Å². The lowest BCUT2D eigenvalue weighted by atomic mass is 10.1. The number of anilines is 2. The first kappa shape index (κ1) is 13.4. The van der Waals surface area contributed by atoms with Crippen molar-refractivity contribution in [1.82, 2.24) is 20.4 Å². The Hall–Kier alpha value is -2.63. The molecule has 0 spiro atoms. The Labute approximate surface area is 122 Å². The van der Waals surface area contributed by atoms with Gasteiger partial charge in [-0.15, -0.1) is 5.10 Å². The molecule has 6 heteroatoms. The zero-order chi connectivity index (χ0) is 14.8. The normalized spacial score (nSPS) is 11.0. The summed E-state index contributed by atoms with van der Waals surface area (Å²) in [6.45, 7) is 4.15. The Balaban J connectivity index is 2.02. The van der Waals surface area contributed by atoms with Gasteiger partial charge >= 0.3 is 0 Å². The fourth-order valence-electron chi connectivity index (χ4n) is 2.10. The van der Waals surface area contributed by atoms with Crippen molar-refractivity contribution in [3.8, 4) is 5.88 Å². The minimum Gasteiger partial charge on any atom is -0.478 e. The van der Waals surface area contributed by atoms with Gasteiger partial charge in [0.1, 0.15) is 5.69 Å². The number of methoxy groups -OCH3 is 1. The largest absolute Gasteiger partial charge is 0.478 e. The third kappa shape index (κ3) is 2.52. The molecule has 0 aliphatic carbocycles. The molecule has 0 bridgehead atoms. The number of nitrogens with one attached hydrogen (secondary N) is 2. The van der Waals surface area contributed by atoms with E-state index in [0.717, 1.165) is 28.1 Å². The van der Waals surface area contributed by atoms with Gasteiger partial charge in [-0.3, -0.25) is 5.10 Å². The van der Waals surface area contributed by atoms with Crippen LogP contribution >= 0.6 is 0 Å². The molecule has 3 aromatic rings. The van der Waals surface area contributed by atoms with E-state index in [1.807, 2.05) is 30.3 Å². The summed E-state index contributed by atoms with van der Waals surface area (Å²) < 4.78 is 5.27. The number of hydrogen-bond donors (Lipinski definition) is 2. The number of ether oxygens (including phenoxy) is 1. The van der Waals surface area contributed by atoms with Gasteiger partial charge < -0.3 is 10.1 Å². The van der Waals surface area contributed by atoms with E-state index in [9.17, 15) is 0 Å². The van der Waals surface area contributed by atoms with Gasteiger partial charge in [-0.05, 0) is 24.1 Å². The Bertz CT molecular complexity index is 766. The topological polar surface area (TPSA) is 75.7 Å². The SMILES string of the molecule is COc1nnc(C(C)C)cc1Nc1n[nH]c2ccccc12. The quantitative estimate of drug-likeness (QED) is 0.768. The van der Waals surface area contributed by atoms with Gasteiger partial charge in [-0.25, -0.2) is 0 Å². The second-order valence-electron chi connectivity index (χ2n) is 5.09. The maximum atomic E-state index is 5.27. The molecular weight excluding hydrogens is 266 g/mol. The van der Waals surface area contributed by atoms with Crippen molar-refractivity contribution in [3.05, 3.63) is 36.0 Å². The summed E-state index contributed by atoms with van der Waals surface area (Å²) in [7, 11) is 1.58. The van der Waals surface area contributed by atoms with Gasteiger partial charge in [0.15, 0.2) is 5.82 Å². The average Bonchev–Trinajstić information content (AvgIpc) is 2.90. The van der Waals surface area contributed by atoms with Crippen LogP contribution in [0.2, 0.25) is 0 Å². The summed E-state index contributed by atoms with van der Waals surface area (Å²) in [6, 6.07) is 9.88. The van der Waals surface area contributed by atoms with Crippen LogP contribution in [0.25, 0.3) is 10.9 Å². The lowest BCUT2D eigenvalue weighted by Crippen LogP contribution is -2.03. The molecule has 0 fully saturated rings. The fourth-order valence-corrected chi connectivity index (χ4v) is 2.10.